The molecule has 94 valence electrons. The van der Waals surface area contributed by atoms with Gasteiger partial charge < -0.3 is 0 Å². The Hall–Kier alpha value is -0.930. The molecule has 0 spiro atoms. The van der Waals surface area contributed by atoms with E-state index in [-0.39, 0.29) is 10.6 Å². The third kappa shape index (κ3) is 3.09. The van der Waals surface area contributed by atoms with E-state index >= 15 is 0 Å². The number of alkyl halides is 1. The molecule has 0 aliphatic carbocycles. The van der Waals surface area contributed by atoms with Crippen LogP contribution < -0.4 is 0 Å². The number of hydrogen-bond donors (Lipinski definition) is 0. The predicted octanol–water partition coefficient (Wildman–Crippen LogP) is 4.86. The number of hydrogen-bond acceptors (Lipinski definition) is 1. The molecule has 0 saturated heterocycles. The third-order valence-electron chi connectivity index (χ3n) is 2.79. The standard InChI is InChI=1S/C14H12BrClFN/c1-9-3-2-6-18-14(9)8-12(15)11-7-10(16)4-5-13(11)17/h2-7,12H,8H2,1H3. The average Bonchev–Trinajstić information content (AvgIpc) is 2.35. The van der Waals surface area contributed by atoms with Crippen molar-refractivity contribution >= 4 is 27.5 Å². The second kappa shape index (κ2) is 5.81. The lowest BCUT2D eigenvalue weighted by atomic mass is 10.0. The van der Waals surface area contributed by atoms with Gasteiger partial charge in [-0.3, -0.25) is 4.98 Å². The summed E-state index contributed by atoms with van der Waals surface area (Å²) in [7, 11) is 0. The molecule has 0 aliphatic rings. The van der Waals surface area contributed by atoms with Crippen molar-refractivity contribution in [2.45, 2.75) is 18.2 Å². The van der Waals surface area contributed by atoms with E-state index in [9.17, 15) is 4.39 Å². The molecule has 0 N–H and O–H groups in total. The molecule has 2 rings (SSSR count). The van der Waals surface area contributed by atoms with Crippen LogP contribution in [0.1, 0.15) is 21.6 Å². The van der Waals surface area contributed by atoms with E-state index in [1.165, 1.54) is 6.07 Å². The van der Waals surface area contributed by atoms with Crippen molar-refractivity contribution in [2.24, 2.45) is 0 Å². The SMILES string of the molecule is Cc1cccnc1CC(Br)c1cc(Cl)ccc1F. The first kappa shape index (κ1) is 13.5. The first-order valence-electron chi connectivity index (χ1n) is 5.57. The highest BCUT2D eigenvalue weighted by Gasteiger charge is 2.15. The van der Waals surface area contributed by atoms with Crippen molar-refractivity contribution in [3.63, 3.8) is 0 Å². The molecule has 1 aromatic carbocycles. The van der Waals surface area contributed by atoms with Gasteiger partial charge >= 0.3 is 0 Å². The van der Waals surface area contributed by atoms with E-state index in [0.717, 1.165) is 11.3 Å². The maximum absolute atomic E-state index is 13.7. The van der Waals surface area contributed by atoms with Gasteiger partial charge in [-0.1, -0.05) is 33.6 Å². The minimum absolute atomic E-state index is 0.134. The lowest BCUT2D eigenvalue weighted by molar-refractivity contribution is 0.607. The van der Waals surface area contributed by atoms with Crippen LogP contribution in [-0.2, 0) is 6.42 Å². The molecule has 0 fully saturated rings. The first-order chi connectivity index (χ1) is 8.58. The van der Waals surface area contributed by atoms with Crippen LogP contribution >= 0.6 is 27.5 Å². The van der Waals surface area contributed by atoms with E-state index in [0.29, 0.717) is 17.0 Å². The molecule has 1 heterocycles. The minimum Gasteiger partial charge on any atom is -0.261 e. The van der Waals surface area contributed by atoms with Crippen molar-refractivity contribution in [3.05, 3.63) is 64.2 Å². The van der Waals surface area contributed by atoms with Crippen LogP contribution in [0.4, 0.5) is 4.39 Å². The molecular weight excluding hydrogens is 317 g/mol. The van der Waals surface area contributed by atoms with Crippen molar-refractivity contribution in [2.75, 3.05) is 0 Å². The van der Waals surface area contributed by atoms with Crippen LogP contribution in [0.25, 0.3) is 0 Å². The summed E-state index contributed by atoms with van der Waals surface area (Å²) < 4.78 is 13.7. The zero-order valence-corrected chi connectivity index (χ0v) is 12.2. The zero-order valence-electron chi connectivity index (χ0n) is 9.83. The van der Waals surface area contributed by atoms with Crippen LogP contribution in [0, 0.1) is 12.7 Å². The van der Waals surface area contributed by atoms with Crippen LogP contribution in [0.2, 0.25) is 5.02 Å². The molecule has 18 heavy (non-hydrogen) atoms. The molecule has 4 heteroatoms. The van der Waals surface area contributed by atoms with Gasteiger partial charge in [-0.2, -0.15) is 0 Å². The molecule has 0 aliphatic heterocycles. The number of nitrogens with zero attached hydrogens (tertiary/aromatic N) is 1. The summed E-state index contributed by atoms with van der Waals surface area (Å²) in [5.41, 5.74) is 2.62. The van der Waals surface area contributed by atoms with Gasteiger partial charge in [0.15, 0.2) is 0 Å². The highest BCUT2D eigenvalue weighted by Crippen LogP contribution is 2.31. The number of halogens is 3. The molecule has 1 unspecified atom stereocenters. The fourth-order valence-corrected chi connectivity index (χ4v) is 2.60. The Balaban J connectivity index is 2.25. The number of aryl methyl sites for hydroxylation is 1. The predicted molar refractivity (Wildman–Crippen MR) is 75.8 cm³/mol. The van der Waals surface area contributed by atoms with Gasteiger partial charge in [-0.25, -0.2) is 4.39 Å². The largest absolute Gasteiger partial charge is 0.261 e. The number of pyridine rings is 1. The fourth-order valence-electron chi connectivity index (χ4n) is 1.77. The van der Waals surface area contributed by atoms with Gasteiger partial charge in [-0.05, 0) is 36.8 Å². The molecule has 1 atom stereocenters. The summed E-state index contributed by atoms with van der Waals surface area (Å²) in [5.74, 6) is -0.255. The van der Waals surface area contributed by atoms with Crippen LogP contribution in [-0.4, -0.2) is 4.98 Å². The third-order valence-corrected chi connectivity index (χ3v) is 3.84. The molecule has 0 amide bonds. The average molecular weight is 329 g/mol. The summed E-state index contributed by atoms with van der Waals surface area (Å²) in [6.45, 7) is 2.00. The van der Waals surface area contributed by atoms with E-state index in [1.54, 1.807) is 18.3 Å². The number of rotatable bonds is 3. The normalized spacial score (nSPS) is 12.4. The maximum Gasteiger partial charge on any atom is 0.127 e. The minimum atomic E-state index is -0.255. The second-order valence-electron chi connectivity index (χ2n) is 4.10. The Kier molecular flexibility index (Phi) is 4.36. The highest BCUT2D eigenvalue weighted by atomic mass is 79.9. The summed E-state index contributed by atoms with van der Waals surface area (Å²) in [5, 5.41) is 0.536. The van der Waals surface area contributed by atoms with Gasteiger partial charge in [0, 0.05) is 33.7 Å². The van der Waals surface area contributed by atoms with Crippen LogP contribution in [0.3, 0.4) is 0 Å². The fraction of sp³-hybridized carbons (Fsp3) is 0.214. The Morgan fingerprint density at radius 2 is 2.17 bits per heavy atom. The molecule has 0 radical (unpaired) electrons. The van der Waals surface area contributed by atoms with Gasteiger partial charge in [0.1, 0.15) is 5.82 Å². The van der Waals surface area contributed by atoms with Crippen molar-refractivity contribution in [3.8, 4) is 0 Å². The topological polar surface area (TPSA) is 12.9 Å². The molecule has 1 nitrogen and oxygen atoms in total. The molecule has 0 saturated carbocycles. The monoisotopic (exact) mass is 327 g/mol. The summed E-state index contributed by atoms with van der Waals surface area (Å²) in [6.07, 6.45) is 2.38. The first-order valence-corrected chi connectivity index (χ1v) is 6.87. The van der Waals surface area contributed by atoms with E-state index in [1.807, 2.05) is 19.1 Å². The van der Waals surface area contributed by atoms with Crippen molar-refractivity contribution in [1.82, 2.24) is 4.98 Å². The quantitative estimate of drug-likeness (QED) is 0.733. The van der Waals surface area contributed by atoms with Gasteiger partial charge in [0.2, 0.25) is 0 Å². The summed E-state index contributed by atoms with van der Waals surface area (Å²) in [6, 6.07) is 8.47. The number of aromatic nitrogens is 1. The molecule has 0 bridgehead atoms. The number of benzene rings is 1. The highest BCUT2D eigenvalue weighted by molar-refractivity contribution is 9.09. The van der Waals surface area contributed by atoms with E-state index in [4.69, 9.17) is 11.6 Å². The molecule has 2 aromatic rings. The zero-order chi connectivity index (χ0) is 13.1. The Morgan fingerprint density at radius 1 is 1.39 bits per heavy atom. The van der Waals surface area contributed by atoms with Gasteiger partial charge in [0.05, 0.1) is 0 Å². The smallest absolute Gasteiger partial charge is 0.127 e. The Labute approximate surface area is 119 Å². The summed E-state index contributed by atoms with van der Waals surface area (Å²) >= 11 is 9.40. The van der Waals surface area contributed by atoms with Crippen molar-refractivity contribution < 1.29 is 4.39 Å². The van der Waals surface area contributed by atoms with Gasteiger partial charge in [-0.15, -0.1) is 0 Å². The lowest BCUT2D eigenvalue weighted by Crippen LogP contribution is -2.02. The van der Waals surface area contributed by atoms with Crippen LogP contribution in [0.5, 0.6) is 0 Å². The Bertz CT molecular complexity index is 559. The summed E-state index contributed by atoms with van der Waals surface area (Å²) in [4.78, 5) is 4.18. The van der Waals surface area contributed by atoms with Gasteiger partial charge in [0.25, 0.3) is 0 Å². The molecular formula is C14H12BrClFN. The molecule has 1 aromatic heterocycles. The van der Waals surface area contributed by atoms with E-state index < -0.39 is 0 Å². The van der Waals surface area contributed by atoms with E-state index in [2.05, 4.69) is 20.9 Å². The lowest BCUT2D eigenvalue weighted by Gasteiger charge is -2.12. The Morgan fingerprint density at radius 3 is 2.89 bits per heavy atom. The second-order valence-corrected chi connectivity index (χ2v) is 5.65. The maximum atomic E-state index is 13.7. The van der Waals surface area contributed by atoms with Crippen LogP contribution in [0.15, 0.2) is 36.5 Å². The van der Waals surface area contributed by atoms with Crippen molar-refractivity contribution in [1.29, 1.82) is 0 Å².